The standard InChI is InChI=1S/C23H29ClN6O3/c1-32-20-12-16(25)15(24)11-14(20)22(31)27-19-7-9-30(13-21(19)33-2)10-8-26-23-28-17-5-3-4-6-18(17)29-23/h3-6,11-12,19,21H,7-10,13,25H2,1-2H3,(H,27,31)(H2,26,28,29)/t19-,21+/m0/s1. The fraction of sp³-hybridized carbons (Fsp3) is 0.391. The predicted molar refractivity (Wildman–Crippen MR) is 130 cm³/mol. The van der Waals surface area contributed by atoms with Gasteiger partial charge in [0.25, 0.3) is 5.91 Å². The van der Waals surface area contributed by atoms with Gasteiger partial charge in [-0.2, -0.15) is 0 Å². The molecule has 5 N–H and O–H groups in total. The Hall–Kier alpha value is -3.01. The maximum atomic E-state index is 12.9. The van der Waals surface area contributed by atoms with Gasteiger partial charge in [0.2, 0.25) is 5.95 Å². The number of carbonyl (C=O) groups is 1. The lowest BCUT2D eigenvalue weighted by Gasteiger charge is -2.38. The highest BCUT2D eigenvalue weighted by molar-refractivity contribution is 6.33. The number of aromatic amines is 1. The number of piperidine rings is 1. The normalized spacial score (nSPS) is 18.9. The summed E-state index contributed by atoms with van der Waals surface area (Å²) in [4.78, 5) is 23.0. The summed E-state index contributed by atoms with van der Waals surface area (Å²) >= 11 is 6.12. The highest BCUT2D eigenvalue weighted by Crippen LogP contribution is 2.29. The SMILES string of the molecule is COc1cc(N)c(Cl)cc1C(=O)N[C@H]1CCN(CCNc2nc3ccccc3[nH]2)C[C@H]1OC. The van der Waals surface area contributed by atoms with Crippen molar-refractivity contribution >= 4 is 40.2 Å². The van der Waals surface area contributed by atoms with Gasteiger partial charge >= 0.3 is 0 Å². The van der Waals surface area contributed by atoms with Gasteiger partial charge < -0.3 is 30.8 Å². The minimum atomic E-state index is -0.263. The van der Waals surface area contributed by atoms with Crippen molar-refractivity contribution in [3.8, 4) is 5.75 Å². The number of amides is 1. The number of nitrogens with zero attached hydrogens (tertiary/aromatic N) is 2. The van der Waals surface area contributed by atoms with Gasteiger partial charge in [-0.1, -0.05) is 23.7 Å². The van der Waals surface area contributed by atoms with E-state index in [9.17, 15) is 4.79 Å². The summed E-state index contributed by atoms with van der Waals surface area (Å²) in [6.07, 6.45) is 0.629. The molecule has 0 radical (unpaired) electrons. The van der Waals surface area contributed by atoms with Crippen molar-refractivity contribution in [1.82, 2.24) is 20.2 Å². The first kappa shape index (κ1) is 23.2. The molecule has 33 heavy (non-hydrogen) atoms. The first-order chi connectivity index (χ1) is 16.0. The molecule has 1 aliphatic rings. The van der Waals surface area contributed by atoms with Crippen LogP contribution in [0.2, 0.25) is 5.02 Å². The van der Waals surface area contributed by atoms with E-state index in [1.165, 1.54) is 13.2 Å². The molecule has 176 valence electrons. The summed E-state index contributed by atoms with van der Waals surface area (Å²) in [5, 5.41) is 6.74. The number of benzene rings is 2. The van der Waals surface area contributed by atoms with Crippen molar-refractivity contribution in [3.63, 3.8) is 0 Å². The molecule has 1 saturated heterocycles. The van der Waals surface area contributed by atoms with Gasteiger partial charge in [-0.05, 0) is 24.6 Å². The molecule has 0 aliphatic carbocycles. The Morgan fingerprint density at radius 3 is 2.91 bits per heavy atom. The Morgan fingerprint density at radius 1 is 1.33 bits per heavy atom. The summed E-state index contributed by atoms with van der Waals surface area (Å²) in [6, 6.07) is 10.9. The number of H-pyrrole nitrogens is 1. The summed E-state index contributed by atoms with van der Waals surface area (Å²) in [5.41, 5.74) is 8.49. The van der Waals surface area contributed by atoms with Crippen molar-refractivity contribution in [1.29, 1.82) is 0 Å². The van der Waals surface area contributed by atoms with Crippen molar-refractivity contribution < 1.29 is 14.3 Å². The van der Waals surface area contributed by atoms with Crippen molar-refractivity contribution in [2.75, 3.05) is 51.4 Å². The molecule has 1 amide bonds. The van der Waals surface area contributed by atoms with Crippen LogP contribution in [0.1, 0.15) is 16.8 Å². The molecular weight excluding hydrogens is 444 g/mol. The second-order valence-corrected chi connectivity index (χ2v) is 8.45. The van der Waals surface area contributed by atoms with E-state index in [0.29, 0.717) is 28.6 Å². The van der Waals surface area contributed by atoms with Crippen LogP contribution in [0.25, 0.3) is 11.0 Å². The molecule has 4 rings (SSSR count). The summed E-state index contributed by atoms with van der Waals surface area (Å²) in [6.45, 7) is 3.13. The van der Waals surface area contributed by atoms with Crippen LogP contribution < -0.4 is 21.1 Å². The van der Waals surface area contributed by atoms with E-state index in [1.54, 1.807) is 13.2 Å². The number of ether oxygens (including phenoxy) is 2. The number of imidazole rings is 1. The second kappa shape index (κ2) is 10.3. The molecule has 2 heterocycles. The lowest BCUT2D eigenvalue weighted by Crippen LogP contribution is -2.55. The molecule has 0 spiro atoms. The number of nitrogens with one attached hydrogen (secondary N) is 3. The first-order valence-electron chi connectivity index (χ1n) is 10.9. The first-order valence-corrected chi connectivity index (χ1v) is 11.2. The number of aromatic nitrogens is 2. The van der Waals surface area contributed by atoms with Gasteiger partial charge in [0, 0.05) is 39.4 Å². The quantitative estimate of drug-likeness (QED) is 0.372. The minimum absolute atomic E-state index is 0.122. The van der Waals surface area contributed by atoms with E-state index in [1.807, 2.05) is 24.3 Å². The topological polar surface area (TPSA) is 118 Å². The van der Waals surface area contributed by atoms with Crippen LogP contribution >= 0.6 is 11.6 Å². The van der Waals surface area contributed by atoms with Gasteiger partial charge in [0.1, 0.15) is 5.75 Å². The number of hydrogen-bond donors (Lipinski definition) is 4. The Bertz CT molecular complexity index is 1090. The van der Waals surface area contributed by atoms with E-state index in [-0.39, 0.29) is 18.1 Å². The number of hydrogen-bond acceptors (Lipinski definition) is 7. The predicted octanol–water partition coefficient (Wildman–Crippen LogP) is 2.74. The number of anilines is 2. The van der Waals surface area contributed by atoms with E-state index < -0.39 is 0 Å². The molecule has 10 heteroatoms. The van der Waals surface area contributed by atoms with Gasteiger partial charge in [-0.15, -0.1) is 0 Å². The van der Waals surface area contributed by atoms with Crippen LogP contribution in [0.4, 0.5) is 11.6 Å². The molecule has 1 fully saturated rings. The summed E-state index contributed by atoms with van der Waals surface area (Å²) in [7, 11) is 3.16. The van der Waals surface area contributed by atoms with Crippen molar-refractivity contribution in [2.24, 2.45) is 0 Å². The molecule has 2 atom stereocenters. The average molecular weight is 473 g/mol. The average Bonchev–Trinajstić information content (AvgIpc) is 3.24. The third-order valence-electron chi connectivity index (χ3n) is 5.94. The minimum Gasteiger partial charge on any atom is -0.496 e. The molecule has 1 aromatic heterocycles. The molecule has 3 aromatic rings. The molecule has 0 unspecified atom stereocenters. The Morgan fingerprint density at radius 2 is 2.15 bits per heavy atom. The van der Waals surface area contributed by atoms with Crippen LogP contribution in [0.15, 0.2) is 36.4 Å². The van der Waals surface area contributed by atoms with Crippen LogP contribution in [-0.4, -0.2) is 73.3 Å². The van der Waals surface area contributed by atoms with Gasteiger partial charge in [0.15, 0.2) is 0 Å². The third-order valence-corrected chi connectivity index (χ3v) is 6.26. The largest absolute Gasteiger partial charge is 0.496 e. The van der Waals surface area contributed by atoms with Gasteiger partial charge in [-0.25, -0.2) is 4.98 Å². The number of methoxy groups -OCH3 is 2. The van der Waals surface area contributed by atoms with Crippen LogP contribution in [0.5, 0.6) is 5.75 Å². The Balaban J connectivity index is 1.31. The van der Waals surface area contributed by atoms with Gasteiger partial charge in [0.05, 0.1) is 46.6 Å². The zero-order valence-corrected chi connectivity index (χ0v) is 19.5. The van der Waals surface area contributed by atoms with Crippen LogP contribution in [-0.2, 0) is 4.74 Å². The summed E-state index contributed by atoms with van der Waals surface area (Å²) < 4.78 is 11.0. The number of nitrogen functional groups attached to an aromatic ring is 1. The highest BCUT2D eigenvalue weighted by Gasteiger charge is 2.31. The molecular formula is C23H29ClN6O3. The van der Waals surface area contributed by atoms with E-state index in [4.69, 9.17) is 26.8 Å². The monoisotopic (exact) mass is 472 g/mol. The van der Waals surface area contributed by atoms with E-state index in [0.717, 1.165) is 43.0 Å². The number of rotatable bonds is 8. The zero-order chi connectivity index (χ0) is 23.4. The fourth-order valence-corrected chi connectivity index (χ4v) is 4.28. The maximum Gasteiger partial charge on any atom is 0.255 e. The molecule has 2 aromatic carbocycles. The molecule has 1 aliphatic heterocycles. The molecule has 0 saturated carbocycles. The van der Waals surface area contributed by atoms with Crippen LogP contribution in [0.3, 0.4) is 0 Å². The molecule has 0 bridgehead atoms. The zero-order valence-electron chi connectivity index (χ0n) is 18.7. The number of para-hydroxylation sites is 2. The smallest absolute Gasteiger partial charge is 0.255 e. The van der Waals surface area contributed by atoms with Crippen molar-refractivity contribution in [3.05, 3.63) is 47.0 Å². The number of halogens is 1. The van der Waals surface area contributed by atoms with Gasteiger partial charge in [-0.3, -0.25) is 9.69 Å². The lowest BCUT2D eigenvalue weighted by molar-refractivity contribution is 0.00762. The third kappa shape index (κ3) is 5.32. The Labute approximate surface area is 197 Å². The van der Waals surface area contributed by atoms with E-state index >= 15 is 0 Å². The maximum absolute atomic E-state index is 12.9. The number of nitrogens with two attached hydrogens (primary N) is 1. The van der Waals surface area contributed by atoms with Crippen molar-refractivity contribution in [2.45, 2.75) is 18.6 Å². The van der Waals surface area contributed by atoms with E-state index in [2.05, 4.69) is 25.5 Å². The summed E-state index contributed by atoms with van der Waals surface area (Å²) in [5.74, 6) is 0.885. The van der Waals surface area contributed by atoms with Crippen LogP contribution in [0, 0.1) is 0 Å². The second-order valence-electron chi connectivity index (χ2n) is 8.05. The number of carbonyl (C=O) groups excluding carboxylic acids is 1. The fourth-order valence-electron chi connectivity index (χ4n) is 4.12. The Kier molecular flexibility index (Phi) is 7.22. The molecule has 9 nitrogen and oxygen atoms in total. The number of likely N-dealkylation sites (tertiary alicyclic amines) is 1. The number of fused-ring (bicyclic) bond motifs is 1. The lowest BCUT2D eigenvalue weighted by atomic mass is 10.0. The highest BCUT2D eigenvalue weighted by atomic mass is 35.5.